The number of unbranched alkanes of at least 4 members (excludes halogenated alkanes) is 1. The summed E-state index contributed by atoms with van der Waals surface area (Å²) >= 11 is 0. The van der Waals surface area contributed by atoms with E-state index in [1.54, 1.807) is 10.9 Å². The lowest BCUT2D eigenvalue weighted by Gasteiger charge is -2.37. The lowest BCUT2D eigenvalue weighted by atomic mass is 9.85. The van der Waals surface area contributed by atoms with Crippen molar-refractivity contribution >= 4 is 23.6 Å². The maximum Gasteiger partial charge on any atom is 0.323 e. The number of ether oxygens (including phenoxy) is 1. The number of anilines is 3. The number of hydrogen-bond donors (Lipinski definition) is 2. The molecule has 5 heterocycles. The zero-order valence-corrected chi connectivity index (χ0v) is 27.8. The molecule has 1 atom stereocenters. The second-order valence-corrected chi connectivity index (χ2v) is 12.9. The molecular weight excluding hydrogens is 604 g/mol. The first-order chi connectivity index (χ1) is 23.5. The lowest BCUT2D eigenvalue weighted by molar-refractivity contribution is -0.0985. The lowest BCUT2D eigenvalue weighted by Crippen LogP contribution is -2.46. The van der Waals surface area contributed by atoms with Crippen LogP contribution in [0, 0.1) is 16.7 Å². The molecule has 4 aromatic rings. The fraction of sp³-hybridized carbons (Fsp3) is 0.444. The monoisotopic (exact) mass is 648 g/mol. The number of aromatic nitrogens is 5. The minimum atomic E-state index is -0.160. The minimum Gasteiger partial charge on any atom is -0.380 e. The number of nitrogens with zero attached hydrogens (tertiary/aromatic N) is 8. The first-order valence-corrected chi connectivity index (χ1v) is 16.9. The van der Waals surface area contributed by atoms with Gasteiger partial charge in [-0.2, -0.15) is 15.3 Å². The van der Waals surface area contributed by atoms with E-state index in [9.17, 15) is 10.1 Å². The quantitative estimate of drug-likeness (QED) is 0.169. The minimum absolute atomic E-state index is 0.0294. The maximum atomic E-state index is 13.8. The Morgan fingerprint density at radius 3 is 2.60 bits per heavy atom. The fourth-order valence-electron chi connectivity index (χ4n) is 6.55. The van der Waals surface area contributed by atoms with Crippen molar-refractivity contribution in [3.8, 4) is 17.2 Å². The Morgan fingerprint density at radius 1 is 1.08 bits per heavy atom. The molecule has 2 fully saturated rings. The van der Waals surface area contributed by atoms with Crippen LogP contribution >= 0.6 is 0 Å². The van der Waals surface area contributed by atoms with Gasteiger partial charge in [0.1, 0.15) is 17.5 Å². The molecule has 2 saturated heterocycles. The van der Waals surface area contributed by atoms with Gasteiger partial charge in [-0.15, -0.1) is 0 Å². The molecule has 0 bridgehead atoms. The third kappa shape index (κ3) is 7.74. The van der Waals surface area contributed by atoms with Crippen LogP contribution in [0.1, 0.15) is 56.6 Å². The van der Waals surface area contributed by atoms with Crippen LogP contribution in [0.4, 0.5) is 22.4 Å². The number of carbonyl (C=O) groups excluding carboxylic acids is 1. The summed E-state index contributed by atoms with van der Waals surface area (Å²) in [6, 6.07) is 15.9. The number of carbonyl (C=O) groups is 1. The summed E-state index contributed by atoms with van der Waals surface area (Å²) in [6.07, 6.45) is 12.6. The first kappa shape index (κ1) is 32.9. The van der Waals surface area contributed by atoms with Crippen molar-refractivity contribution in [3.63, 3.8) is 0 Å². The number of nitriles is 1. The fourth-order valence-corrected chi connectivity index (χ4v) is 6.55. The Balaban J connectivity index is 1.10. The van der Waals surface area contributed by atoms with Gasteiger partial charge in [-0.25, -0.2) is 14.8 Å². The van der Waals surface area contributed by atoms with Crippen LogP contribution in [-0.4, -0.2) is 69.7 Å². The second kappa shape index (κ2) is 15.3. The Kier molecular flexibility index (Phi) is 10.5. The molecule has 1 aromatic carbocycles. The number of hydrogen-bond acceptors (Lipinski definition) is 9. The summed E-state index contributed by atoms with van der Waals surface area (Å²) in [5.74, 6) is 1.85. The molecule has 1 spiro atoms. The molecule has 0 aliphatic carbocycles. The number of pyridine rings is 1. The Labute approximate surface area is 282 Å². The summed E-state index contributed by atoms with van der Waals surface area (Å²) < 4.78 is 7.23. The highest BCUT2D eigenvalue weighted by Crippen LogP contribution is 2.39. The van der Waals surface area contributed by atoms with Crippen molar-refractivity contribution in [1.82, 2.24) is 30.0 Å². The molecule has 2 amide bonds. The van der Waals surface area contributed by atoms with Gasteiger partial charge in [-0.05, 0) is 49.8 Å². The zero-order valence-electron chi connectivity index (χ0n) is 27.8. The van der Waals surface area contributed by atoms with Gasteiger partial charge in [0.25, 0.3) is 0 Å². The van der Waals surface area contributed by atoms with Gasteiger partial charge in [0.05, 0.1) is 25.6 Å². The van der Waals surface area contributed by atoms with Gasteiger partial charge in [0.2, 0.25) is 5.95 Å². The molecule has 48 heavy (non-hydrogen) atoms. The van der Waals surface area contributed by atoms with Crippen LogP contribution < -0.4 is 20.4 Å². The molecule has 12 heteroatoms. The van der Waals surface area contributed by atoms with E-state index < -0.39 is 0 Å². The predicted molar refractivity (Wildman–Crippen MR) is 185 cm³/mol. The van der Waals surface area contributed by atoms with Gasteiger partial charge in [0.15, 0.2) is 5.82 Å². The zero-order chi connectivity index (χ0) is 33.3. The molecule has 0 radical (unpaired) electrons. The maximum absolute atomic E-state index is 13.8. The summed E-state index contributed by atoms with van der Waals surface area (Å²) in [6.45, 7) is 6.54. The predicted octanol–water partition coefficient (Wildman–Crippen LogP) is 5.54. The summed E-state index contributed by atoms with van der Waals surface area (Å²) in [4.78, 5) is 31.8. The molecule has 2 aliphatic rings. The van der Waals surface area contributed by atoms with Crippen molar-refractivity contribution in [2.24, 2.45) is 12.5 Å². The number of amides is 2. The van der Waals surface area contributed by atoms with Crippen molar-refractivity contribution < 1.29 is 9.53 Å². The van der Waals surface area contributed by atoms with E-state index in [4.69, 9.17) is 14.7 Å². The number of rotatable bonds is 14. The van der Waals surface area contributed by atoms with Crippen molar-refractivity contribution in [2.75, 3.05) is 48.0 Å². The molecule has 1 unspecified atom stereocenters. The smallest absolute Gasteiger partial charge is 0.323 e. The average molecular weight is 649 g/mol. The van der Waals surface area contributed by atoms with E-state index in [2.05, 4.69) is 38.6 Å². The van der Waals surface area contributed by atoms with Crippen LogP contribution in [0.5, 0.6) is 0 Å². The Hall–Kier alpha value is -5.02. The van der Waals surface area contributed by atoms with E-state index in [1.165, 1.54) is 0 Å². The molecule has 2 N–H and O–H groups in total. The van der Waals surface area contributed by atoms with E-state index in [-0.39, 0.29) is 17.5 Å². The van der Waals surface area contributed by atoms with E-state index in [1.807, 2.05) is 73.0 Å². The normalized spacial score (nSPS) is 15.5. The average Bonchev–Trinajstić information content (AvgIpc) is 3.76. The summed E-state index contributed by atoms with van der Waals surface area (Å²) in [7, 11) is 1.89. The largest absolute Gasteiger partial charge is 0.380 e. The molecular formula is C36H44N10O2. The van der Waals surface area contributed by atoms with Gasteiger partial charge in [-0.3, -0.25) is 9.58 Å². The van der Waals surface area contributed by atoms with E-state index in [0.29, 0.717) is 36.2 Å². The van der Waals surface area contributed by atoms with Crippen molar-refractivity contribution in [2.45, 2.75) is 58.0 Å². The molecule has 2 aliphatic heterocycles. The molecule has 250 valence electrons. The summed E-state index contributed by atoms with van der Waals surface area (Å²) in [5.41, 5.74) is 3.66. The second-order valence-electron chi connectivity index (χ2n) is 12.9. The van der Waals surface area contributed by atoms with Crippen LogP contribution in [0.15, 0.2) is 67.3 Å². The Morgan fingerprint density at radius 2 is 1.94 bits per heavy atom. The van der Waals surface area contributed by atoms with Gasteiger partial charge < -0.3 is 20.3 Å². The molecule has 12 nitrogen and oxygen atoms in total. The van der Waals surface area contributed by atoms with Crippen molar-refractivity contribution in [3.05, 3.63) is 78.4 Å². The number of urea groups is 1. The van der Waals surface area contributed by atoms with E-state index in [0.717, 1.165) is 81.5 Å². The summed E-state index contributed by atoms with van der Waals surface area (Å²) in [5, 5.41) is 20.5. The van der Waals surface area contributed by atoms with Crippen LogP contribution in [0.3, 0.4) is 0 Å². The van der Waals surface area contributed by atoms with Crippen LogP contribution in [0.25, 0.3) is 11.1 Å². The number of benzene rings is 1. The van der Waals surface area contributed by atoms with Gasteiger partial charge in [0, 0.05) is 68.2 Å². The highest BCUT2D eigenvalue weighted by molar-refractivity contribution is 5.91. The molecule has 6 rings (SSSR count). The topological polar surface area (TPSA) is 137 Å². The molecule has 0 saturated carbocycles. The van der Waals surface area contributed by atoms with Crippen LogP contribution in [0.2, 0.25) is 0 Å². The standard InChI is InChI=1S/C36H44N10O2/c1-3-9-31(12-7-8-16-38-34-40-21-29(18-37)33(43-34)45-17-15-36(24-45)25-48-26-36)46(35(47)41-19-27-10-5-4-6-11-27)32-14-13-28(20-39-32)30-22-42-44(2)23-30/h4-6,10-11,13-14,20-23,31H,3,7-9,12,15-17,19,24-26H2,1-2H3,(H,41,47)(H,38,40,43). The first-order valence-electron chi connectivity index (χ1n) is 16.9. The van der Waals surface area contributed by atoms with Gasteiger partial charge >= 0.3 is 6.03 Å². The highest BCUT2D eigenvalue weighted by atomic mass is 16.5. The molecule has 3 aromatic heterocycles. The highest BCUT2D eigenvalue weighted by Gasteiger charge is 2.45. The third-order valence-electron chi connectivity index (χ3n) is 9.22. The van der Waals surface area contributed by atoms with E-state index >= 15 is 0 Å². The number of nitrogens with one attached hydrogen (secondary N) is 2. The Bertz CT molecular complexity index is 1700. The number of aryl methyl sites for hydroxylation is 1. The third-order valence-corrected chi connectivity index (χ3v) is 9.22. The van der Waals surface area contributed by atoms with Crippen LogP contribution in [-0.2, 0) is 18.3 Å². The van der Waals surface area contributed by atoms with Crippen molar-refractivity contribution in [1.29, 1.82) is 5.26 Å². The SMILES string of the molecule is CCCC(CCCCNc1ncc(C#N)c(N2CCC3(COC3)C2)n1)N(C(=O)NCc1ccccc1)c1ccc(-c2cnn(C)c2)cn1. The van der Waals surface area contributed by atoms with Gasteiger partial charge in [-0.1, -0.05) is 43.7 Å².